The van der Waals surface area contributed by atoms with Crippen LogP contribution in [-0.4, -0.2) is 52.5 Å². The molecule has 15 heteroatoms. The SMILES string of the molecule is C=C(C(=O)OC1(C)CC(C)(C(F)(F)F)OC(O)(C(F)(F)F)C1(F)F)C(F)(F)F. The quantitative estimate of drug-likeness (QED) is 0.400. The second kappa shape index (κ2) is 6.18. The van der Waals surface area contributed by atoms with Crippen LogP contribution in [0.3, 0.4) is 0 Å². The van der Waals surface area contributed by atoms with Gasteiger partial charge in [0.1, 0.15) is 5.57 Å². The molecule has 0 aromatic heterocycles. The molecular weight excluding hydrogens is 429 g/mol. The molecule has 1 aliphatic rings. The first-order valence-electron chi connectivity index (χ1n) is 6.88. The third kappa shape index (κ3) is 3.53. The molecule has 3 atom stereocenters. The summed E-state index contributed by atoms with van der Waals surface area (Å²) in [5.41, 5.74) is -10.9. The van der Waals surface area contributed by atoms with Gasteiger partial charge in [-0.2, -0.15) is 48.3 Å². The van der Waals surface area contributed by atoms with Crippen LogP contribution in [0, 0.1) is 0 Å². The molecule has 0 saturated carbocycles. The zero-order valence-corrected chi connectivity index (χ0v) is 13.7. The molecule has 4 nitrogen and oxygen atoms in total. The van der Waals surface area contributed by atoms with Gasteiger partial charge in [-0.25, -0.2) is 4.79 Å². The van der Waals surface area contributed by atoms with Crippen molar-refractivity contribution in [3.8, 4) is 0 Å². The molecule has 0 radical (unpaired) electrons. The second-order valence-electron chi connectivity index (χ2n) is 6.32. The first-order chi connectivity index (χ1) is 12.0. The van der Waals surface area contributed by atoms with Gasteiger partial charge in [-0.3, -0.25) is 0 Å². The van der Waals surface area contributed by atoms with E-state index in [1.54, 1.807) is 0 Å². The third-order valence-corrected chi connectivity index (χ3v) is 4.03. The van der Waals surface area contributed by atoms with Crippen molar-refractivity contribution in [2.75, 3.05) is 0 Å². The van der Waals surface area contributed by atoms with E-state index in [9.17, 15) is 58.2 Å². The van der Waals surface area contributed by atoms with E-state index < -0.39 is 59.4 Å². The number of aliphatic hydroxyl groups is 1. The van der Waals surface area contributed by atoms with Crippen LogP contribution in [0.25, 0.3) is 0 Å². The topological polar surface area (TPSA) is 55.8 Å². The highest BCUT2D eigenvalue weighted by atomic mass is 19.4. The summed E-state index contributed by atoms with van der Waals surface area (Å²) in [5.74, 6) is -14.5. The summed E-state index contributed by atoms with van der Waals surface area (Å²) in [6.45, 7) is 1.78. The summed E-state index contributed by atoms with van der Waals surface area (Å²) < 4.78 is 152. The van der Waals surface area contributed by atoms with Crippen molar-refractivity contribution in [1.82, 2.24) is 0 Å². The molecule has 0 bridgehead atoms. The van der Waals surface area contributed by atoms with E-state index in [1.165, 1.54) is 0 Å². The van der Waals surface area contributed by atoms with Crippen LogP contribution >= 0.6 is 0 Å². The van der Waals surface area contributed by atoms with Crippen molar-refractivity contribution in [2.24, 2.45) is 0 Å². The first-order valence-corrected chi connectivity index (χ1v) is 6.88. The Labute approximate surface area is 148 Å². The molecular formula is C13H11F11O4. The van der Waals surface area contributed by atoms with Gasteiger partial charge in [0.2, 0.25) is 0 Å². The summed E-state index contributed by atoms with van der Waals surface area (Å²) in [4.78, 5) is 11.4. The number of esters is 1. The second-order valence-corrected chi connectivity index (χ2v) is 6.32. The van der Waals surface area contributed by atoms with E-state index >= 15 is 0 Å². The maximum absolute atomic E-state index is 14.4. The lowest BCUT2D eigenvalue weighted by molar-refractivity contribution is -0.514. The molecule has 0 amide bonds. The van der Waals surface area contributed by atoms with Crippen molar-refractivity contribution >= 4 is 5.97 Å². The average molecular weight is 440 g/mol. The smallest absolute Gasteiger partial charge is 0.449 e. The van der Waals surface area contributed by atoms with Crippen molar-refractivity contribution in [1.29, 1.82) is 0 Å². The van der Waals surface area contributed by atoms with Gasteiger partial charge in [0.25, 0.3) is 0 Å². The van der Waals surface area contributed by atoms with Gasteiger partial charge in [-0.1, -0.05) is 6.58 Å². The van der Waals surface area contributed by atoms with Crippen LogP contribution < -0.4 is 0 Å². The van der Waals surface area contributed by atoms with E-state index in [0.29, 0.717) is 0 Å². The largest absolute Gasteiger partial charge is 0.449 e. The summed E-state index contributed by atoms with van der Waals surface area (Å²) in [5, 5.41) is 9.35. The zero-order chi connectivity index (χ0) is 22.8. The van der Waals surface area contributed by atoms with Gasteiger partial charge in [-0.15, -0.1) is 0 Å². The number of hydrogen-bond donors (Lipinski definition) is 1. The van der Waals surface area contributed by atoms with Crippen LogP contribution in [0.1, 0.15) is 20.3 Å². The number of ether oxygens (including phenoxy) is 2. The first kappa shape index (κ1) is 24.4. The van der Waals surface area contributed by atoms with E-state index in [4.69, 9.17) is 0 Å². The highest BCUT2D eigenvalue weighted by Gasteiger charge is 2.85. The number of alkyl halides is 11. The fourth-order valence-electron chi connectivity index (χ4n) is 2.42. The molecule has 1 heterocycles. The predicted molar refractivity (Wildman–Crippen MR) is 65.8 cm³/mol. The Kier molecular flexibility index (Phi) is 5.38. The zero-order valence-electron chi connectivity index (χ0n) is 13.7. The summed E-state index contributed by atoms with van der Waals surface area (Å²) >= 11 is 0. The summed E-state index contributed by atoms with van der Waals surface area (Å²) in [7, 11) is 0. The van der Waals surface area contributed by atoms with Gasteiger partial charge in [0.15, 0.2) is 11.2 Å². The average Bonchev–Trinajstić information content (AvgIpc) is 2.40. The molecule has 164 valence electrons. The molecule has 0 aliphatic carbocycles. The molecule has 1 fully saturated rings. The number of rotatable bonds is 2. The normalized spacial score (nSPS) is 34.1. The van der Waals surface area contributed by atoms with Crippen LogP contribution in [0.5, 0.6) is 0 Å². The maximum Gasteiger partial charge on any atom is 0.449 e. The molecule has 28 heavy (non-hydrogen) atoms. The molecule has 0 aromatic rings. The van der Waals surface area contributed by atoms with Crippen molar-refractivity contribution < 1.29 is 67.7 Å². The molecule has 1 saturated heterocycles. The van der Waals surface area contributed by atoms with Crippen molar-refractivity contribution in [3.63, 3.8) is 0 Å². The number of halogens is 11. The van der Waals surface area contributed by atoms with E-state index in [1.807, 2.05) is 0 Å². The van der Waals surface area contributed by atoms with E-state index in [2.05, 4.69) is 16.1 Å². The monoisotopic (exact) mass is 440 g/mol. The van der Waals surface area contributed by atoms with Crippen LogP contribution in [0.2, 0.25) is 0 Å². The minimum absolute atomic E-state index is 0.177. The predicted octanol–water partition coefficient (Wildman–Crippen LogP) is 4.03. The molecule has 1 rings (SSSR count). The minimum atomic E-state index is -6.57. The molecule has 3 unspecified atom stereocenters. The number of carbonyl (C=O) groups is 1. The fourth-order valence-corrected chi connectivity index (χ4v) is 2.42. The Morgan fingerprint density at radius 1 is 1.00 bits per heavy atom. The Morgan fingerprint density at radius 3 is 1.75 bits per heavy atom. The Balaban J connectivity index is 3.61. The van der Waals surface area contributed by atoms with Crippen molar-refractivity contribution in [2.45, 2.75) is 61.7 Å². The minimum Gasteiger partial charge on any atom is -0.449 e. The molecule has 1 N–H and O–H groups in total. The molecule has 1 aliphatic heterocycles. The maximum atomic E-state index is 14.4. The van der Waals surface area contributed by atoms with Crippen LogP contribution in [-0.2, 0) is 14.3 Å². The Bertz CT molecular complexity index is 665. The van der Waals surface area contributed by atoms with Crippen molar-refractivity contribution in [3.05, 3.63) is 12.2 Å². The molecule has 0 aromatic carbocycles. The lowest BCUT2D eigenvalue weighted by Gasteiger charge is -2.55. The van der Waals surface area contributed by atoms with Gasteiger partial charge in [0.05, 0.1) is 0 Å². The van der Waals surface area contributed by atoms with Gasteiger partial charge in [-0.05, 0) is 13.8 Å². The lowest BCUT2D eigenvalue weighted by Crippen LogP contribution is -2.78. The third-order valence-electron chi connectivity index (χ3n) is 4.03. The van der Waals surface area contributed by atoms with Crippen LogP contribution in [0.15, 0.2) is 12.2 Å². The lowest BCUT2D eigenvalue weighted by atomic mass is 9.76. The highest BCUT2D eigenvalue weighted by molar-refractivity contribution is 5.89. The summed E-state index contributed by atoms with van der Waals surface area (Å²) in [6, 6.07) is 0. The molecule has 0 spiro atoms. The van der Waals surface area contributed by atoms with Gasteiger partial charge < -0.3 is 14.6 Å². The van der Waals surface area contributed by atoms with E-state index in [-0.39, 0.29) is 13.8 Å². The van der Waals surface area contributed by atoms with Gasteiger partial charge in [0, 0.05) is 6.42 Å². The Hall–Kier alpha value is -1.64. The van der Waals surface area contributed by atoms with E-state index in [0.717, 1.165) is 0 Å². The number of hydrogen-bond acceptors (Lipinski definition) is 4. The van der Waals surface area contributed by atoms with Gasteiger partial charge >= 0.3 is 36.2 Å². The number of carbonyl (C=O) groups excluding carboxylic acids is 1. The summed E-state index contributed by atoms with van der Waals surface area (Å²) in [6.07, 6.45) is -20.3. The van der Waals surface area contributed by atoms with Crippen LogP contribution in [0.4, 0.5) is 48.3 Å². The highest BCUT2D eigenvalue weighted by Crippen LogP contribution is 2.60. The Morgan fingerprint density at radius 2 is 1.43 bits per heavy atom. The standard InChI is InChI=1S/C13H11F11O4/c1-5(9(14,15)16)6(25)27-7(2)4-8(3,12(19,20)21)28-11(26,10(7,17)18)13(22,23)24/h26H,1,4H2,2-3H3. The fraction of sp³-hybridized carbons (Fsp3) is 0.769.